The van der Waals surface area contributed by atoms with Crippen LogP contribution in [0.2, 0.25) is 0 Å². The van der Waals surface area contributed by atoms with Crippen LogP contribution in [0.25, 0.3) is 0 Å². The Bertz CT molecular complexity index is 992. The molecule has 2 aromatic heterocycles. The second-order valence-electron chi connectivity index (χ2n) is 5.64. The van der Waals surface area contributed by atoms with Crippen molar-refractivity contribution in [3.63, 3.8) is 0 Å². The van der Waals surface area contributed by atoms with Crippen molar-refractivity contribution in [3.8, 4) is 0 Å². The zero-order valence-corrected chi connectivity index (χ0v) is 16.5. The molecule has 26 heavy (non-hydrogen) atoms. The summed E-state index contributed by atoms with van der Waals surface area (Å²) in [5.41, 5.74) is 1.45. The molecule has 2 N–H and O–H groups in total. The number of benzene rings is 1. The molecule has 0 spiro atoms. The third kappa shape index (κ3) is 4.59. The van der Waals surface area contributed by atoms with Crippen LogP contribution in [0.5, 0.6) is 0 Å². The van der Waals surface area contributed by atoms with Crippen LogP contribution in [0, 0.1) is 6.92 Å². The number of hydrogen-bond donors (Lipinski definition) is 2. The van der Waals surface area contributed by atoms with Crippen LogP contribution in [0.3, 0.4) is 0 Å². The molecule has 2 heterocycles. The normalized spacial score (nSPS) is 11.4. The van der Waals surface area contributed by atoms with Crippen molar-refractivity contribution in [2.24, 2.45) is 0 Å². The monoisotopic (exact) mass is 406 g/mol. The van der Waals surface area contributed by atoms with Gasteiger partial charge in [0.2, 0.25) is 10.0 Å². The number of aryl methyl sites for hydroxylation is 1. The first-order valence-corrected chi connectivity index (χ1v) is 11.1. The Balaban J connectivity index is 1.68. The van der Waals surface area contributed by atoms with Crippen LogP contribution < -0.4 is 10.0 Å². The van der Waals surface area contributed by atoms with Gasteiger partial charge in [-0.15, -0.1) is 22.7 Å². The lowest BCUT2D eigenvalue weighted by atomic mass is 10.2. The van der Waals surface area contributed by atoms with Crippen LogP contribution in [-0.4, -0.2) is 14.3 Å². The summed E-state index contributed by atoms with van der Waals surface area (Å²) in [6.07, 6.45) is 0. The van der Waals surface area contributed by atoms with Gasteiger partial charge in [-0.05, 0) is 53.6 Å². The van der Waals surface area contributed by atoms with E-state index in [1.54, 1.807) is 23.5 Å². The molecule has 0 radical (unpaired) electrons. The molecule has 136 valence electrons. The number of rotatable bonds is 7. The highest BCUT2D eigenvalue weighted by molar-refractivity contribution is 7.89. The number of sulfonamides is 1. The maximum atomic E-state index is 12.5. The van der Waals surface area contributed by atoms with Crippen LogP contribution in [-0.2, 0) is 23.1 Å². The van der Waals surface area contributed by atoms with E-state index < -0.39 is 10.0 Å². The van der Waals surface area contributed by atoms with Gasteiger partial charge in [0, 0.05) is 21.9 Å². The number of amides is 1. The minimum absolute atomic E-state index is 0.0778. The van der Waals surface area contributed by atoms with Gasteiger partial charge in [-0.2, -0.15) is 0 Å². The van der Waals surface area contributed by atoms with Gasteiger partial charge in [-0.1, -0.05) is 12.1 Å². The van der Waals surface area contributed by atoms with Crippen LogP contribution in [0.4, 0.5) is 0 Å². The molecule has 8 heteroatoms. The molecule has 3 aromatic rings. The average molecular weight is 407 g/mol. The Morgan fingerprint density at radius 3 is 2.58 bits per heavy atom. The van der Waals surface area contributed by atoms with Crippen molar-refractivity contribution in [2.45, 2.75) is 24.9 Å². The molecule has 5 nitrogen and oxygen atoms in total. The van der Waals surface area contributed by atoms with E-state index in [4.69, 9.17) is 0 Å². The molecule has 0 aliphatic rings. The van der Waals surface area contributed by atoms with Crippen LogP contribution in [0.15, 0.2) is 58.1 Å². The Labute approximate surface area is 160 Å². The molecular formula is C18H18N2O3S3. The van der Waals surface area contributed by atoms with Gasteiger partial charge in [-0.25, -0.2) is 13.1 Å². The lowest BCUT2D eigenvalue weighted by Crippen LogP contribution is -2.25. The fourth-order valence-corrected chi connectivity index (χ4v) is 4.95. The lowest BCUT2D eigenvalue weighted by Gasteiger charge is -2.08. The quantitative estimate of drug-likeness (QED) is 0.630. The highest BCUT2D eigenvalue weighted by Crippen LogP contribution is 2.16. The minimum atomic E-state index is -3.68. The zero-order valence-electron chi connectivity index (χ0n) is 14.1. The number of thiophene rings is 2. The third-order valence-corrected chi connectivity index (χ3v) is 7.10. The summed E-state index contributed by atoms with van der Waals surface area (Å²) in [5, 5.41) is 6.70. The molecule has 0 unspecified atom stereocenters. The van der Waals surface area contributed by atoms with Crippen LogP contribution in [0.1, 0.15) is 25.7 Å². The van der Waals surface area contributed by atoms with Gasteiger partial charge in [0.25, 0.3) is 5.91 Å². The maximum Gasteiger partial charge on any atom is 0.251 e. The van der Waals surface area contributed by atoms with Gasteiger partial charge >= 0.3 is 0 Å². The molecule has 0 aliphatic carbocycles. The Morgan fingerprint density at radius 1 is 1.04 bits per heavy atom. The second kappa shape index (κ2) is 8.13. The van der Waals surface area contributed by atoms with Crippen molar-refractivity contribution in [1.82, 2.24) is 10.0 Å². The van der Waals surface area contributed by atoms with E-state index in [1.807, 2.05) is 35.9 Å². The van der Waals surface area contributed by atoms with Crippen molar-refractivity contribution in [1.29, 1.82) is 0 Å². The van der Waals surface area contributed by atoms with E-state index in [9.17, 15) is 13.2 Å². The molecule has 0 atom stereocenters. The largest absolute Gasteiger partial charge is 0.347 e. The molecule has 0 bridgehead atoms. The van der Waals surface area contributed by atoms with E-state index in [-0.39, 0.29) is 17.3 Å². The molecule has 3 rings (SSSR count). The SMILES string of the molecule is Cc1ccsc1CNC(=O)c1cccc(S(=O)(=O)NCc2cccs2)c1. The topological polar surface area (TPSA) is 75.3 Å². The summed E-state index contributed by atoms with van der Waals surface area (Å²) in [5.74, 6) is -0.298. The van der Waals surface area contributed by atoms with Gasteiger partial charge in [0.05, 0.1) is 11.4 Å². The van der Waals surface area contributed by atoms with Gasteiger partial charge in [-0.3, -0.25) is 4.79 Å². The van der Waals surface area contributed by atoms with Crippen molar-refractivity contribution in [2.75, 3.05) is 0 Å². The predicted octanol–water partition coefficient (Wildman–Crippen LogP) is 3.53. The number of hydrogen-bond acceptors (Lipinski definition) is 5. The van der Waals surface area contributed by atoms with E-state index in [2.05, 4.69) is 10.0 Å². The fourth-order valence-electron chi connectivity index (χ4n) is 2.31. The minimum Gasteiger partial charge on any atom is -0.347 e. The van der Waals surface area contributed by atoms with Gasteiger partial charge in [0.1, 0.15) is 0 Å². The molecular weight excluding hydrogens is 388 g/mol. The summed E-state index contributed by atoms with van der Waals surface area (Å²) in [6, 6.07) is 11.8. The molecule has 0 saturated carbocycles. The van der Waals surface area contributed by atoms with Crippen molar-refractivity contribution < 1.29 is 13.2 Å². The first-order valence-electron chi connectivity index (χ1n) is 7.89. The molecule has 1 aromatic carbocycles. The standard InChI is InChI=1S/C18H18N2O3S3/c1-13-7-9-25-17(13)12-19-18(21)14-4-2-6-16(10-14)26(22,23)20-11-15-5-3-8-24-15/h2-10,20H,11-12H2,1H3,(H,19,21). The summed E-state index contributed by atoms with van der Waals surface area (Å²) >= 11 is 3.06. The zero-order chi connectivity index (χ0) is 18.6. The third-order valence-electron chi connectivity index (χ3n) is 3.80. The van der Waals surface area contributed by atoms with E-state index in [1.165, 1.54) is 23.5 Å². The highest BCUT2D eigenvalue weighted by Gasteiger charge is 2.16. The molecule has 0 aliphatic heterocycles. The first kappa shape index (κ1) is 18.8. The summed E-state index contributed by atoms with van der Waals surface area (Å²) in [7, 11) is -3.68. The summed E-state index contributed by atoms with van der Waals surface area (Å²) < 4.78 is 27.5. The first-order chi connectivity index (χ1) is 12.5. The Kier molecular flexibility index (Phi) is 5.87. The molecule has 0 saturated heterocycles. The molecule has 1 amide bonds. The van der Waals surface area contributed by atoms with Crippen LogP contribution >= 0.6 is 22.7 Å². The Hall–Kier alpha value is -2.00. The predicted molar refractivity (Wildman–Crippen MR) is 105 cm³/mol. The summed E-state index contributed by atoms with van der Waals surface area (Å²) in [6.45, 7) is 2.65. The van der Waals surface area contributed by atoms with E-state index >= 15 is 0 Å². The highest BCUT2D eigenvalue weighted by atomic mass is 32.2. The number of nitrogens with one attached hydrogen (secondary N) is 2. The number of carbonyl (C=O) groups excluding carboxylic acids is 1. The Morgan fingerprint density at radius 2 is 1.88 bits per heavy atom. The van der Waals surface area contributed by atoms with E-state index in [0.717, 1.165) is 15.3 Å². The van der Waals surface area contributed by atoms with Gasteiger partial charge in [0.15, 0.2) is 0 Å². The average Bonchev–Trinajstić information content (AvgIpc) is 3.30. The number of carbonyl (C=O) groups is 1. The maximum absolute atomic E-state index is 12.5. The van der Waals surface area contributed by atoms with Gasteiger partial charge < -0.3 is 5.32 Å². The lowest BCUT2D eigenvalue weighted by molar-refractivity contribution is 0.0951. The smallest absolute Gasteiger partial charge is 0.251 e. The molecule has 0 fully saturated rings. The second-order valence-corrected chi connectivity index (χ2v) is 9.44. The summed E-state index contributed by atoms with van der Waals surface area (Å²) in [4.78, 5) is 14.4. The van der Waals surface area contributed by atoms with Crippen molar-refractivity contribution in [3.05, 3.63) is 74.1 Å². The van der Waals surface area contributed by atoms with Crippen molar-refractivity contribution >= 4 is 38.6 Å². The van der Waals surface area contributed by atoms with E-state index in [0.29, 0.717) is 12.1 Å². The fraction of sp³-hybridized carbons (Fsp3) is 0.167.